The Morgan fingerprint density at radius 2 is 1.88 bits per heavy atom. The molecule has 0 radical (unpaired) electrons. The van der Waals surface area contributed by atoms with E-state index in [0.717, 1.165) is 16.5 Å². The Morgan fingerprint density at radius 1 is 1.12 bits per heavy atom. The lowest BCUT2D eigenvalue weighted by molar-refractivity contribution is -0.142. The number of fused-ring (bicyclic) bond motifs is 1. The number of carbonyl (C=O) groups excluding carboxylic acids is 2. The highest BCUT2D eigenvalue weighted by Gasteiger charge is 2.31. The lowest BCUT2D eigenvalue weighted by atomic mass is 9.96. The standard InChI is InChI=1S/C23H30N6O4/c1-3-13(2)20(22(31)28-19(23(32)33)9-15-11-25-12-27-15)29-21(30)17(24)8-14-10-26-18-7-5-4-6-16(14)18/h4-7,10-13,17,19-20,26H,3,8-9,24H2,1-2H3,(H,25,27)(H,28,31)(H,29,30)(H,32,33)/t13-,17-,19-,20-/m0/s1. The monoisotopic (exact) mass is 454 g/mol. The van der Waals surface area contributed by atoms with Gasteiger partial charge < -0.3 is 31.4 Å². The number of imidazole rings is 1. The Labute approximate surface area is 191 Å². The number of nitrogens with one attached hydrogen (secondary N) is 4. The first-order chi connectivity index (χ1) is 15.8. The Balaban J connectivity index is 1.67. The molecule has 10 nitrogen and oxygen atoms in total. The van der Waals surface area contributed by atoms with Crippen molar-refractivity contribution < 1.29 is 19.5 Å². The summed E-state index contributed by atoms with van der Waals surface area (Å²) in [7, 11) is 0. The predicted molar refractivity (Wildman–Crippen MR) is 123 cm³/mol. The van der Waals surface area contributed by atoms with Crippen molar-refractivity contribution in [3.8, 4) is 0 Å². The number of carboxylic acid groups (broad SMARTS) is 1. The predicted octanol–water partition coefficient (Wildman–Crippen LogP) is 1.10. The second-order valence-electron chi connectivity index (χ2n) is 8.22. The van der Waals surface area contributed by atoms with Gasteiger partial charge in [0.2, 0.25) is 11.8 Å². The first kappa shape index (κ1) is 24.0. The molecular weight excluding hydrogens is 424 g/mol. The number of para-hydroxylation sites is 1. The number of amides is 2. The van der Waals surface area contributed by atoms with Gasteiger partial charge in [0.05, 0.1) is 12.4 Å². The number of hydrogen-bond donors (Lipinski definition) is 6. The van der Waals surface area contributed by atoms with E-state index in [0.29, 0.717) is 18.5 Å². The van der Waals surface area contributed by atoms with Crippen LogP contribution >= 0.6 is 0 Å². The molecule has 0 saturated carbocycles. The van der Waals surface area contributed by atoms with Crippen molar-refractivity contribution in [3.63, 3.8) is 0 Å². The number of benzene rings is 1. The summed E-state index contributed by atoms with van der Waals surface area (Å²) in [5.41, 5.74) is 8.60. The molecule has 0 saturated heterocycles. The maximum Gasteiger partial charge on any atom is 0.326 e. The summed E-state index contributed by atoms with van der Waals surface area (Å²) in [5, 5.41) is 15.8. The van der Waals surface area contributed by atoms with Crippen LogP contribution in [-0.2, 0) is 27.2 Å². The van der Waals surface area contributed by atoms with Crippen molar-refractivity contribution in [3.05, 3.63) is 54.2 Å². The second kappa shape index (κ2) is 10.8. The molecule has 0 fully saturated rings. The molecule has 3 rings (SSSR count). The van der Waals surface area contributed by atoms with Gasteiger partial charge in [-0.15, -0.1) is 0 Å². The summed E-state index contributed by atoms with van der Waals surface area (Å²) in [6.07, 6.45) is 5.70. The molecule has 0 unspecified atom stereocenters. The van der Waals surface area contributed by atoms with E-state index in [1.807, 2.05) is 44.3 Å². The summed E-state index contributed by atoms with van der Waals surface area (Å²) in [4.78, 5) is 47.4. The molecule has 4 atom stereocenters. The minimum Gasteiger partial charge on any atom is -0.480 e. The Kier molecular flexibility index (Phi) is 7.83. The largest absolute Gasteiger partial charge is 0.480 e. The molecule has 176 valence electrons. The SMILES string of the molecule is CC[C@H](C)[C@H](NC(=O)[C@@H](N)Cc1c[nH]c2ccccc12)C(=O)N[C@@H](Cc1cnc[nH]1)C(=O)O. The van der Waals surface area contributed by atoms with E-state index in [2.05, 4.69) is 25.6 Å². The second-order valence-corrected chi connectivity index (χ2v) is 8.22. The number of aromatic amines is 2. The molecule has 0 aliphatic heterocycles. The van der Waals surface area contributed by atoms with Gasteiger partial charge in [0.15, 0.2) is 0 Å². The van der Waals surface area contributed by atoms with Crippen molar-refractivity contribution in [2.45, 2.75) is 51.2 Å². The maximum absolute atomic E-state index is 13.0. The van der Waals surface area contributed by atoms with Crippen molar-refractivity contribution in [2.75, 3.05) is 0 Å². The molecule has 0 aliphatic rings. The number of nitrogens with two attached hydrogens (primary N) is 1. The van der Waals surface area contributed by atoms with Crippen LogP contribution in [0.5, 0.6) is 0 Å². The minimum atomic E-state index is -1.18. The molecule has 2 amide bonds. The van der Waals surface area contributed by atoms with Gasteiger partial charge >= 0.3 is 5.97 Å². The van der Waals surface area contributed by atoms with Crippen LogP contribution < -0.4 is 16.4 Å². The third-order valence-corrected chi connectivity index (χ3v) is 5.84. The van der Waals surface area contributed by atoms with E-state index in [1.54, 1.807) is 0 Å². The molecule has 0 aliphatic carbocycles. The van der Waals surface area contributed by atoms with Crippen LogP contribution in [-0.4, -0.2) is 56.0 Å². The maximum atomic E-state index is 13.0. The van der Waals surface area contributed by atoms with Gasteiger partial charge in [0.25, 0.3) is 0 Å². The van der Waals surface area contributed by atoms with E-state index >= 15 is 0 Å². The number of nitrogens with zero attached hydrogens (tertiary/aromatic N) is 1. The van der Waals surface area contributed by atoms with Gasteiger partial charge in [-0.1, -0.05) is 38.5 Å². The number of aliphatic carboxylic acids is 1. The lowest BCUT2D eigenvalue weighted by Gasteiger charge is -2.26. The quantitative estimate of drug-likeness (QED) is 0.254. The molecule has 0 spiro atoms. The smallest absolute Gasteiger partial charge is 0.326 e. The first-order valence-corrected chi connectivity index (χ1v) is 10.9. The average molecular weight is 455 g/mol. The van der Waals surface area contributed by atoms with Gasteiger partial charge in [-0.3, -0.25) is 9.59 Å². The van der Waals surface area contributed by atoms with Gasteiger partial charge in [0, 0.05) is 35.4 Å². The van der Waals surface area contributed by atoms with Crippen molar-refractivity contribution in [1.82, 2.24) is 25.6 Å². The molecular formula is C23H30N6O4. The highest BCUT2D eigenvalue weighted by Crippen LogP contribution is 2.19. The average Bonchev–Trinajstić information content (AvgIpc) is 3.46. The van der Waals surface area contributed by atoms with Crippen molar-refractivity contribution in [2.24, 2.45) is 11.7 Å². The number of aromatic nitrogens is 3. The zero-order chi connectivity index (χ0) is 24.0. The molecule has 0 bridgehead atoms. The van der Waals surface area contributed by atoms with Crippen LogP contribution in [0.15, 0.2) is 43.0 Å². The van der Waals surface area contributed by atoms with Gasteiger partial charge in [-0.25, -0.2) is 9.78 Å². The summed E-state index contributed by atoms with van der Waals surface area (Å²) < 4.78 is 0. The zero-order valence-corrected chi connectivity index (χ0v) is 18.7. The molecule has 2 aromatic heterocycles. The van der Waals surface area contributed by atoms with Gasteiger partial charge in [0.1, 0.15) is 12.1 Å². The summed E-state index contributed by atoms with van der Waals surface area (Å²) >= 11 is 0. The number of carbonyl (C=O) groups is 3. The van der Waals surface area contributed by atoms with E-state index in [-0.39, 0.29) is 12.3 Å². The highest BCUT2D eigenvalue weighted by atomic mass is 16.4. The molecule has 1 aromatic carbocycles. The minimum absolute atomic E-state index is 0.0440. The van der Waals surface area contributed by atoms with Gasteiger partial charge in [-0.2, -0.15) is 0 Å². The Morgan fingerprint density at radius 3 is 2.55 bits per heavy atom. The van der Waals surface area contributed by atoms with Gasteiger partial charge in [-0.05, 0) is 24.0 Å². The molecule has 10 heteroatoms. The summed E-state index contributed by atoms with van der Waals surface area (Å²) in [6.45, 7) is 3.71. The fraction of sp³-hybridized carbons (Fsp3) is 0.391. The molecule has 2 heterocycles. The summed E-state index contributed by atoms with van der Waals surface area (Å²) in [6, 6.07) is 4.77. The van der Waals surface area contributed by atoms with E-state index < -0.39 is 35.9 Å². The van der Waals surface area contributed by atoms with E-state index in [1.165, 1.54) is 12.5 Å². The number of H-pyrrole nitrogens is 2. The summed E-state index contributed by atoms with van der Waals surface area (Å²) in [5.74, 6) is -2.44. The van der Waals surface area contributed by atoms with Crippen LogP contribution in [0.4, 0.5) is 0 Å². The van der Waals surface area contributed by atoms with Crippen LogP contribution in [0.1, 0.15) is 31.5 Å². The molecule has 33 heavy (non-hydrogen) atoms. The fourth-order valence-corrected chi connectivity index (χ4v) is 3.67. The Hall–Kier alpha value is -3.66. The highest BCUT2D eigenvalue weighted by molar-refractivity contribution is 5.92. The third kappa shape index (κ3) is 5.98. The van der Waals surface area contributed by atoms with Crippen LogP contribution in [0.25, 0.3) is 10.9 Å². The lowest BCUT2D eigenvalue weighted by Crippen LogP contribution is -2.57. The number of rotatable bonds is 11. The Bertz CT molecular complexity index is 1090. The fourth-order valence-electron chi connectivity index (χ4n) is 3.67. The van der Waals surface area contributed by atoms with Crippen molar-refractivity contribution >= 4 is 28.7 Å². The van der Waals surface area contributed by atoms with Crippen LogP contribution in [0.3, 0.4) is 0 Å². The van der Waals surface area contributed by atoms with E-state index in [9.17, 15) is 19.5 Å². The number of hydrogen-bond acceptors (Lipinski definition) is 5. The molecule has 3 aromatic rings. The zero-order valence-electron chi connectivity index (χ0n) is 18.7. The topological polar surface area (TPSA) is 166 Å². The van der Waals surface area contributed by atoms with E-state index in [4.69, 9.17) is 5.73 Å². The normalized spacial score (nSPS) is 14.9. The van der Waals surface area contributed by atoms with Crippen LogP contribution in [0, 0.1) is 5.92 Å². The van der Waals surface area contributed by atoms with Crippen LogP contribution in [0.2, 0.25) is 0 Å². The third-order valence-electron chi connectivity index (χ3n) is 5.84. The molecule has 7 N–H and O–H groups in total. The van der Waals surface area contributed by atoms with Crippen molar-refractivity contribution in [1.29, 1.82) is 0 Å². The first-order valence-electron chi connectivity index (χ1n) is 10.9. The number of carboxylic acids is 1.